The predicted octanol–water partition coefficient (Wildman–Crippen LogP) is 2.70. The number of nitrogens with one attached hydrogen (secondary N) is 2. The van der Waals surface area contributed by atoms with Crippen LogP contribution in [0.5, 0.6) is 0 Å². The smallest absolute Gasteiger partial charge is 0.337 e. The Morgan fingerprint density at radius 3 is 2.29 bits per heavy atom. The molecule has 1 aliphatic heterocycles. The SMILES string of the molecule is O=C(OCc1ccccc1)C1=C(Cc2ccccc2)NC(=S)NC1. The number of benzene rings is 2. The molecule has 0 saturated heterocycles. The summed E-state index contributed by atoms with van der Waals surface area (Å²) in [6.07, 6.45) is 0.610. The first-order chi connectivity index (χ1) is 11.7. The summed E-state index contributed by atoms with van der Waals surface area (Å²) in [5.41, 5.74) is 3.45. The van der Waals surface area contributed by atoms with Crippen molar-refractivity contribution in [2.24, 2.45) is 0 Å². The lowest BCUT2D eigenvalue weighted by atomic mass is 10.0. The number of rotatable bonds is 5. The van der Waals surface area contributed by atoms with E-state index in [0.29, 0.717) is 23.7 Å². The minimum absolute atomic E-state index is 0.256. The molecule has 1 heterocycles. The van der Waals surface area contributed by atoms with Crippen LogP contribution in [0.3, 0.4) is 0 Å². The van der Waals surface area contributed by atoms with Crippen LogP contribution >= 0.6 is 12.2 Å². The lowest BCUT2D eigenvalue weighted by Gasteiger charge is -2.23. The second-order valence-corrected chi connectivity index (χ2v) is 5.90. The van der Waals surface area contributed by atoms with Gasteiger partial charge in [0.1, 0.15) is 6.61 Å². The number of carbonyl (C=O) groups excluding carboxylic acids is 1. The molecular formula is C19H18N2O2S. The van der Waals surface area contributed by atoms with Crippen LogP contribution < -0.4 is 10.6 Å². The largest absolute Gasteiger partial charge is 0.457 e. The molecule has 0 atom stereocenters. The van der Waals surface area contributed by atoms with Crippen molar-refractivity contribution in [3.05, 3.63) is 83.1 Å². The monoisotopic (exact) mass is 338 g/mol. The minimum Gasteiger partial charge on any atom is -0.457 e. The zero-order chi connectivity index (χ0) is 16.8. The molecule has 0 aliphatic carbocycles. The van der Waals surface area contributed by atoms with Gasteiger partial charge in [-0.05, 0) is 23.3 Å². The Bertz CT molecular complexity index is 757. The van der Waals surface area contributed by atoms with Crippen molar-refractivity contribution < 1.29 is 9.53 Å². The summed E-state index contributed by atoms with van der Waals surface area (Å²) in [6.45, 7) is 0.633. The Labute approximate surface area is 146 Å². The van der Waals surface area contributed by atoms with E-state index in [9.17, 15) is 4.79 Å². The summed E-state index contributed by atoms with van der Waals surface area (Å²) < 4.78 is 5.45. The van der Waals surface area contributed by atoms with Gasteiger partial charge < -0.3 is 15.4 Å². The first-order valence-electron chi connectivity index (χ1n) is 7.74. The van der Waals surface area contributed by atoms with Gasteiger partial charge in [-0.25, -0.2) is 4.79 Å². The zero-order valence-corrected chi connectivity index (χ0v) is 13.9. The fraction of sp³-hybridized carbons (Fsp3) is 0.158. The third kappa shape index (κ3) is 4.20. The van der Waals surface area contributed by atoms with Gasteiger partial charge >= 0.3 is 5.97 Å². The van der Waals surface area contributed by atoms with Gasteiger partial charge in [0.05, 0.1) is 12.1 Å². The Hall–Kier alpha value is -2.66. The molecule has 1 aliphatic rings. The topological polar surface area (TPSA) is 50.4 Å². The van der Waals surface area contributed by atoms with Crippen LogP contribution in [0.2, 0.25) is 0 Å². The standard InChI is InChI=1S/C19H18N2O2S/c22-18(23-13-15-9-5-2-6-10-15)16-12-20-19(24)21-17(16)11-14-7-3-1-4-8-14/h1-10H,11-13H2,(H2,20,21,24). The minimum atomic E-state index is -0.327. The molecule has 4 nitrogen and oxygen atoms in total. The van der Waals surface area contributed by atoms with Gasteiger partial charge in [0, 0.05) is 12.1 Å². The van der Waals surface area contributed by atoms with Gasteiger partial charge in [-0.1, -0.05) is 60.7 Å². The van der Waals surface area contributed by atoms with Crippen molar-refractivity contribution in [3.8, 4) is 0 Å². The fourth-order valence-electron chi connectivity index (χ4n) is 2.49. The van der Waals surface area contributed by atoms with E-state index in [0.717, 1.165) is 16.8 Å². The first kappa shape index (κ1) is 16.2. The average Bonchev–Trinajstić information content (AvgIpc) is 2.62. The number of carbonyl (C=O) groups is 1. The van der Waals surface area contributed by atoms with E-state index in [1.54, 1.807) is 0 Å². The predicted molar refractivity (Wildman–Crippen MR) is 97.1 cm³/mol. The molecule has 2 aromatic carbocycles. The number of hydrogen-bond acceptors (Lipinski definition) is 3. The third-order valence-corrected chi connectivity index (χ3v) is 3.98. The molecule has 0 bridgehead atoms. The quantitative estimate of drug-likeness (QED) is 0.648. The van der Waals surface area contributed by atoms with E-state index in [4.69, 9.17) is 17.0 Å². The van der Waals surface area contributed by atoms with Crippen molar-refractivity contribution in [2.75, 3.05) is 6.54 Å². The van der Waals surface area contributed by atoms with Crippen LogP contribution in [0, 0.1) is 0 Å². The maximum absolute atomic E-state index is 12.5. The molecule has 2 N–H and O–H groups in total. The molecule has 0 radical (unpaired) electrons. The molecule has 5 heteroatoms. The number of ether oxygens (including phenoxy) is 1. The molecule has 3 rings (SSSR count). The van der Waals surface area contributed by atoms with Gasteiger partial charge in [0.25, 0.3) is 0 Å². The fourth-order valence-corrected chi connectivity index (χ4v) is 2.68. The summed E-state index contributed by atoms with van der Waals surface area (Å²) in [5, 5.41) is 6.61. The molecule has 0 aromatic heterocycles. The Kier molecular flexibility index (Phi) is 5.23. The second-order valence-electron chi connectivity index (χ2n) is 5.49. The average molecular weight is 338 g/mol. The van der Waals surface area contributed by atoms with Crippen LogP contribution in [0.1, 0.15) is 11.1 Å². The van der Waals surface area contributed by atoms with Crippen molar-refractivity contribution in [1.29, 1.82) is 0 Å². The van der Waals surface area contributed by atoms with Crippen LogP contribution in [-0.4, -0.2) is 17.6 Å². The van der Waals surface area contributed by atoms with Crippen molar-refractivity contribution in [2.45, 2.75) is 13.0 Å². The molecule has 0 saturated carbocycles. The molecular weight excluding hydrogens is 320 g/mol. The van der Waals surface area contributed by atoms with Gasteiger partial charge in [-0.3, -0.25) is 0 Å². The van der Waals surface area contributed by atoms with Crippen LogP contribution in [0.25, 0.3) is 0 Å². The third-order valence-electron chi connectivity index (χ3n) is 3.74. The Balaban J connectivity index is 1.74. The maximum atomic E-state index is 12.5. The lowest BCUT2D eigenvalue weighted by Crippen LogP contribution is -2.44. The van der Waals surface area contributed by atoms with Crippen LogP contribution in [0.4, 0.5) is 0 Å². The number of allylic oxidation sites excluding steroid dienone is 1. The van der Waals surface area contributed by atoms with E-state index in [2.05, 4.69) is 10.6 Å². The number of esters is 1. The molecule has 122 valence electrons. The Morgan fingerprint density at radius 1 is 1.00 bits per heavy atom. The van der Waals surface area contributed by atoms with E-state index in [1.165, 1.54) is 0 Å². The first-order valence-corrected chi connectivity index (χ1v) is 8.15. The van der Waals surface area contributed by atoms with Gasteiger partial charge in [-0.2, -0.15) is 0 Å². The molecule has 0 amide bonds. The van der Waals surface area contributed by atoms with Crippen molar-refractivity contribution in [1.82, 2.24) is 10.6 Å². The van der Waals surface area contributed by atoms with Crippen molar-refractivity contribution >= 4 is 23.3 Å². The van der Waals surface area contributed by atoms with E-state index in [1.807, 2.05) is 60.7 Å². The van der Waals surface area contributed by atoms with Crippen LogP contribution in [0.15, 0.2) is 71.9 Å². The molecule has 2 aromatic rings. The second kappa shape index (κ2) is 7.75. The van der Waals surface area contributed by atoms with Gasteiger partial charge in [-0.15, -0.1) is 0 Å². The summed E-state index contributed by atoms with van der Waals surface area (Å²) >= 11 is 5.17. The Morgan fingerprint density at radius 2 is 1.62 bits per heavy atom. The highest BCUT2D eigenvalue weighted by Gasteiger charge is 2.22. The summed E-state index contributed by atoms with van der Waals surface area (Å²) in [5.74, 6) is -0.327. The highest BCUT2D eigenvalue weighted by molar-refractivity contribution is 7.80. The maximum Gasteiger partial charge on any atom is 0.337 e. The molecule has 0 spiro atoms. The van der Waals surface area contributed by atoms with Gasteiger partial charge in [0.2, 0.25) is 0 Å². The molecule has 0 unspecified atom stereocenters. The normalized spacial score (nSPS) is 13.9. The van der Waals surface area contributed by atoms with E-state index >= 15 is 0 Å². The lowest BCUT2D eigenvalue weighted by molar-refractivity contribution is -0.140. The summed E-state index contributed by atoms with van der Waals surface area (Å²) in [6, 6.07) is 19.6. The summed E-state index contributed by atoms with van der Waals surface area (Å²) in [7, 11) is 0. The molecule has 0 fully saturated rings. The molecule has 24 heavy (non-hydrogen) atoms. The van der Waals surface area contributed by atoms with Crippen LogP contribution in [-0.2, 0) is 22.6 Å². The zero-order valence-electron chi connectivity index (χ0n) is 13.1. The number of hydrogen-bond donors (Lipinski definition) is 2. The highest BCUT2D eigenvalue weighted by atomic mass is 32.1. The van der Waals surface area contributed by atoms with Gasteiger partial charge in [0.15, 0.2) is 5.11 Å². The highest BCUT2D eigenvalue weighted by Crippen LogP contribution is 2.15. The van der Waals surface area contributed by atoms with Crippen molar-refractivity contribution in [3.63, 3.8) is 0 Å². The van der Waals surface area contributed by atoms with E-state index in [-0.39, 0.29) is 12.6 Å². The summed E-state index contributed by atoms with van der Waals surface area (Å²) in [4.78, 5) is 12.5. The number of thiocarbonyl (C=S) groups is 1. The van der Waals surface area contributed by atoms with E-state index < -0.39 is 0 Å².